The van der Waals surface area contributed by atoms with Crippen LogP contribution in [-0.2, 0) is 5.75 Å². The van der Waals surface area contributed by atoms with Crippen molar-refractivity contribution in [2.45, 2.75) is 10.6 Å². The molecule has 0 saturated carbocycles. The van der Waals surface area contributed by atoms with Gasteiger partial charge in [-0.05, 0) is 42.0 Å². The van der Waals surface area contributed by atoms with E-state index in [4.69, 9.17) is 11.6 Å². The summed E-state index contributed by atoms with van der Waals surface area (Å²) in [5.41, 5.74) is 2.60. The zero-order chi connectivity index (χ0) is 16.8. The summed E-state index contributed by atoms with van der Waals surface area (Å²) in [5, 5.41) is 3.46. The molecule has 24 heavy (non-hydrogen) atoms. The van der Waals surface area contributed by atoms with Crippen LogP contribution in [0.25, 0.3) is 0 Å². The van der Waals surface area contributed by atoms with Gasteiger partial charge in [0.05, 0.1) is 0 Å². The Morgan fingerprint density at radius 2 is 1.71 bits per heavy atom. The topological polar surface area (TPSA) is 29.1 Å². The number of amides is 1. The van der Waals surface area contributed by atoms with E-state index in [0.717, 1.165) is 16.3 Å². The van der Waals surface area contributed by atoms with Gasteiger partial charge in [0.1, 0.15) is 0 Å². The molecular formula is C20H16ClNOS. The molecule has 0 saturated heterocycles. The standard InChI is InChI=1S/C20H16ClNOS/c21-17-9-4-8-16(12-17)20(23)22-18-10-5-11-19(13-18)24-14-15-6-2-1-3-7-15/h1-13H,14H2,(H,22,23). The Hall–Kier alpha value is -2.23. The molecule has 0 aliphatic heterocycles. The maximum absolute atomic E-state index is 12.3. The first-order valence-electron chi connectivity index (χ1n) is 7.54. The third-order valence-corrected chi connectivity index (χ3v) is 4.73. The lowest BCUT2D eigenvalue weighted by molar-refractivity contribution is 0.102. The molecule has 0 aliphatic carbocycles. The molecule has 4 heteroatoms. The summed E-state index contributed by atoms with van der Waals surface area (Å²) in [5.74, 6) is 0.731. The second kappa shape index (κ2) is 8.04. The number of halogens is 1. The van der Waals surface area contributed by atoms with Gasteiger partial charge in [0, 0.05) is 26.9 Å². The van der Waals surface area contributed by atoms with Crippen LogP contribution in [-0.4, -0.2) is 5.91 Å². The van der Waals surface area contributed by atoms with Crippen molar-refractivity contribution < 1.29 is 4.79 Å². The van der Waals surface area contributed by atoms with Crippen LogP contribution in [0.1, 0.15) is 15.9 Å². The van der Waals surface area contributed by atoms with Crippen molar-refractivity contribution in [3.8, 4) is 0 Å². The first kappa shape index (κ1) is 16.6. The first-order valence-corrected chi connectivity index (χ1v) is 8.91. The fraction of sp³-hybridized carbons (Fsp3) is 0.0500. The predicted molar refractivity (Wildman–Crippen MR) is 102 cm³/mol. The number of carbonyl (C=O) groups is 1. The number of rotatable bonds is 5. The van der Waals surface area contributed by atoms with Gasteiger partial charge >= 0.3 is 0 Å². The monoisotopic (exact) mass is 353 g/mol. The number of thioether (sulfide) groups is 1. The van der Waals surface area contributed by atoms with E-state index in [0.29, 0.717) is 10.6 Å². The fourth-order valence-electron chi connectivity index (χ4n) is 2.24. The molecule has 0 fully saturated rings. The molecule has 3 aromatic carbocycles. The van der Waals surface area contributed by atoms with Crippen molar-refractivity contribution in [1.82, 2.24) is 0 Å². The molecule has 1 amide bonds. The predicted octanol–water partition coefficient (Wildman–Crippen LogP) is 5.88. The molecular weight excluding hydrogens is 338 g/mol. The smallest absolute Gasteiger partial charge is 0.255 e. The van der Waals surface area contributed by atoms with E-state index < -0.39 is 0 Å². The number of benzene rings is 3. The molecule has 0 aliphatic rings. The number of hydrogen-bond donors (Lipinski definition) is 1. The highest BCUT2D eigenvalue weighted by Gasteiger charge is 2.07. The van der Waals surface area contributed by atoms with Gasteiger partial charge < -0.3 is 5.32 Å². The van der Waals surface area contributed by atoms with Gasteiger partial charge in [-0.1, -0.05) is 54.1 Å². The van der Waals surface area contributed by atoms with E-state index in [2.05, 4.69) is 17.4 Å². The fourth-order valence-corrected chi connectivity index (χ4v) is 3.34. The van der Waals surface area contributed by atoms with Gasteiger partial charge in [-0.3, -0.25) is 4.79 Å². The number of carbonyl (C=O) groups excluding carboxylic acids is 1. The maximum Gasteiger partial charge on any atom is 0.255 e. The Morgan fingerprint density at radius 1 is 0.917 bits per heavy atom. The van der Waals surface area contributed by atoms with Gasteiger partial charge in [0.15, 0.2) is 0 Å². The lowest BCUT2D eigenvalue weighted by Crippen LogP contribution is -2.11. The average Bonchev–Trinajstić information content (AvgIpc) is 2.61. The van der Waals surface area contributed by atoms with Gasteiger partial charge in [0.25, 0.3) is 5.91 Å². The normalized spacial score (nSPS) is 10.4. The van der Waals surface area contributed by atoms with E-state index in [-0.39, 0.29) is 5.91 Å². The highest BCUT2D eigenvalue weighted by molar-refractivity contribution is 7.98. The van der Waals surface area contributed by atoms with Gasteiger partial charge in [0.2, 0.25) is 0 Å². The van der Waals surface area contributed by atoms with Crippen LogP contribution in [0.2, 0.25) is 5.02 Å². The molecule has 0 bridgehead atoms. The van der Waals surface area contributed by atoms with Crippen molar-refractivity contribution in [2.24, 2.45) is 0 Å². The van der Waals surface area contributed by atoms with E-state index in [1.54, 1.807) is 36.0 Å². The van der Waals surface area contributed by atoms with Gasteiger partial charge in [-0.15, -0.1) is 11.8 Å². The maximum atomic E-state index is 12.3. The van der Waals surface area contributed by atoms with Crippen LogP contribution in [0.4, 0.5) is 5.69 Å². The van der Waals surface area contributed by atoms with E-state index >= 15 is 0 Å². The third-order valence-electron chi connectivity index (χ3n) is 3.43. The quantitative estimate of drug-likeness (QED) is 0.580. The van der Waals surface area contributed by atoms with Gasteiger partial charge in [-0.25, -0.2) is 0 Å². The zero-order valence-electron chi connectivity index (χ0n) is 12.9. The Balaban J connectivity index is 1.65. The summed E-state index contributed by atoms with van der Waals surface area (Å²) in [6.07, 6.45) is 0. The molecule has 3 rings (SSSR count). The van der Waals surface area contributed by atoms with E-state index in [1.807, 2.05) is 42.5 Å². The summed E-state index contributed by atoms with van der Waals surface area (Å²) in [4.78, 5) is 13.4. The molecule has 0 radical (unpaired) electrons. The van der Waals surface area contributed by atoms with Crippen LogP contribution in [0.15, 0.2) is 83.8 Å². The molecule has 120 valence electrons. The van der Waals surface area contributed by atoms with Crippen molar-refractivity contribution >= 4 is 35.0 Å². The minimum atomic E-state index is -0.164. The summed E-state index contributed by atoms with van der Waals surface area (Å²) in [6, 6.07) is 25.1. The highest BCUT2D eigenvalue weighted by Crippen LogP contribution is 2.25. The van der Waals surface area contributed by atoms with Crippen LogP contribution < -0.4 is 5.32 Å². The SMILES string of the molecule is O=C(Nc1cccc(SCc2ccccc2)c1)c1cccc(Cl)c1. The number of hydrogen-bond acceptors (Lipinski definition) is 2. The highest BCUT2D eigenvalue weighted by atomic mass is 35.5. The number of anilines is 1. The van der Waals surface area contributed by atoms with E-state index in [1.165, 1.54) is 5.56 Å². The second-order valence-electron chi connectivity index (χ2n) is 5.27. The van der Waals surface area contributed by atoms with Crippen LogP contribution >= 0.6 is 23.4 Å². The Labute approximate surface area is 150 Å². The second-order valence-corrected chi connectivity index (χ2v) is 6.75. The zero-order valence-corrected chi connectivity index (χ0v) is 14.5. The Morgan fingerprint density at radius 3 is 2.50 bits per heavy atom. The van der Waals surface area contributed by atoms with Crippen molar-refractivity contribution in [3.05, 3.63) is 95.0 Å². The molecule has 2 nitrogen and oxygen atoms in total. The molecule has 0 heterocycles. The average molecular weight is 354 g/mol. The largest absolute Gasteiger partial charge is 0.322 e. The van der Waals surface area contributed by atoms with E-state index in [9.17, 15) is 4.79 Å². The van der Waals surface area contributed by atoms with Crippen molar-refractivity contribution in [2.75, 3.05) is 5.32 Å². The lowest BCUT2D eigenvalue weighted by Gasteiger charge is -2.08. The third kappa shape index (κ3) is 4.63. The molecule has 1 N–H and O–H groups in total. The Kier molecular flexibility index (Phi) is 5.57. The summed E-state index contributed by atoms with van der Waals surface area (Å²) < 4.78 is 0. The van der Waals surface area contributed by atoms with Gasteiger partial charge in [-0.2, -0.15) is 0 Å². The van der Waals surface area contributed by atoms with Crippen LogP contribution in [0.5, 0.6) is 0 Å². The summed E-state index contributed by atoms with van der Waals surface area (Å²) in [7, 11) is 0. The molecule has 3 aromatic rings. The molecule has 0 unspecified atom stereocenters. The van der Waals surface area contributed by atoms with Crippen LogP contribution in [0.3, 0.4) is 0 Å². The van der Waals surface area contributed by atoms with Crippen LogP contribution in [0, 0.1) is 0 Å². The lowest BCUT2D eigenvalue weighted by atomic mass is 10.2. The molecule has 0 spiro atoms. The summed E-state index contributed by atoms with van der Waals surface area (Å²) >= 11 is 7.67. The Bertz CT molecular complexity index is 836. The molecule has 0 aromatic heterocycles. The summed E-state index contributed by atoms with van der Waals surface area (Å²) in [6.45, 7) is 0. The van der Waals surface area contributed by atoms with Crippen molar-refractivity contribution in [3.63, 3.8) is 0 Å². The first-order chi connectivity index (χ1) is 11.7. The van der Waals surface area contributed by atoms with Crippen molar-refractivity contribution in [1.29, 1.82) is 0 Å². The molecule has 0 atom stereocenters. The minimum absolute atomic E-state index is 0.164. The minimum Gasteiger partial charge on any atom is -0.322 e. The number of nitrogens with one attached hydrogen (secondary N) is 1.